The molecule has 0 saturated heterocycles. The molecule has 6 heteroatoms. The molecule has 0 aliphatic rings. The van der Waals surface area contributed by atoms with Crippen molar-refractivity contribution in [3.8, 4) is 12.0 Å². The summed E-state index contributed by atoms with van der Waals surface area (Å²) < 4.78 is 9.97. The Morgan fingerprint density at radius 1 is 0.941 bits per heavy atom. The fraction of sp³-hybridized carbons (Fsp3) is 0.727. The van der Waals surface area contributed by atoms with Gasteiger partial charge in [-0.2, -0.15) is 9.97 Å². The van der Waals surface area contributed by atoms with Gasteiger partial charge in [0.25, 0.3) is 0 Å². The molecule has 17 heavy (non-hydrogen) atoms. The third kappa shape index (κ3) is 3.26. The normalized spacial score (nSPS) is 14.5. The molecule has 0 fully saturated rings. The fourth-order valence-corrected chi connectivity index (χ4v) is 1.76. The average Bonchev–Trinajstić information content (AvgIpc) is 2.27. The molecule has 1 aromatic heterocycles. The van der Waals surface area contributed by atoms with Crippen LogP contribution in [0.3, 0.4) is 0 Å². The van der Waals surface area contributed by atoms with E-state index in [1.165, 1.54) is 14.2 Å². The molecule has 1 rings (SSSR count). The Morgan fingerprint density at radius 3 is 1.71 bits per heavy atom. The number of rotatable bonds is 5. The molecule has 1 N–H and O–H groups in total. The molecule has 0 saturated carbocycles. The summed E-state index contributed by atoms with van der Waals surface area (Å²) in [5.74, 6) is 0.506. The largest absolute Gasteiger partial charge is 0.467 e. The zero-order valence-electron chi connectivity index (χ0n) is 10.8. The molecule has 0 aliphatic carbocycles. The Hall–Kier alpha value is -1.43. The van der Waals surface area contributed by atoms with Gasteiger partial charge in [-0.3, -0.25) is 0 Å². The molecule has 0 bridgehead atoms. The van der Waals surface area contributed by atoms with Crippen molar-refractivity contribution in [2.75, 3.05) is 14.2 Å². The van der Waals surface area contributed by atoms with Crippen LogP contribution in [0.2, 0.25) is 0 Å². The lowest BCUT2D eigenvalue weighted by molar-refractivity contribution is 0.134. The van der Waals surface area contributed by atoms with Crippen LogP contribution in [-0.2, 0) is 0 Å². The molecule has 96 valence electrons. The van der Waals surface area contributed by atoms with Crippen molar-refractivity contribution in [3.63, 3.8) is 0 Å². The first-order valence-electron chi connectivity index (χ1n) is 5.51. The van der Waals surface area contributed by atoms with E-state index in [9.17, 15) is 5.11 Å². The van der Waals surface area contributed by atoms with Gasteiger partial charge in [-0.05, 0) is 12.8 Å². The van der Waals surface area contributed by atoms with Crippen LogP contribution < -0.4 is 9.47 Å². The molecule has 0 amide bonds. The summed E-state index contributed by atoms with van der Waals surface area (Å²) in [6.45, 7) is 5.72. The van der Waals surface area contributed by atoms with Crippen LogP contribution in [0.25, 0.3) is 0 Å². The van der Waals surface area contributed by atoms with Crippen LogP contribution in [0.4, 0.5) is 0 Å². The van der Waals surface area contributed by atoms with Crippen molar-refractivity contribution >= 4 is 0 Å². The van der Waals surface area contributed by atoms with Gasteiger partial charge in [-0.1, -0.05) is 13.8 Å². The molecule has 0 radical (unpaired) electrons. The van der Waals surface area contributed by atoms with Gasteiger partial charge in [0.15, 0.2) is 0 Å². The maximum Gasteiger partial charge on any atom is 0.322 e. The van der Waals surface area contributed by atoms with Crippen molar-refractivity contribution in [1.82, 2.24) is 15.0 Å². The molecule has 6 nitrogen and oxygen atoms in total. The first-order valence-corrected chi connectivity index (χ1v) is 5.51. The second-order valence-electron chi connectivity index (χ2n) is 4.18. The fourth-order valence-electron chi connectivity index (χ4n) is 1.76. The summed E-state index contributed by atoms with van der Waals surface area (Å²) >= 11 is 0. The number of nitrogens with zero attached hydrogens (tertiary/aromatic N) is 3. The lowest BCUT2D eigenvalue weighted by Crippen LogP contribution is -2.23. The second kappa shape index (κ2) is 5.77. The van der Waals surface area contributed by atoms with Gasteiger partial charge in [0.05, 0.1) is 20.3 Å². The Bertz CT molecular complexity index is 339. The Labute approximate surface area is 101 Å². The predicted molar refractivity (Wildman–Crippen MR) is 62.2 cm³/mol. The molecular formula is C11H19N3O3. The predicted octanol–water partition coefficient (Wildman–Crippen LogP) is 1.01. The van der Waals surface area contributed by atoms with Crippen LogP contribution in [0.1, 0.15) is 32.5 Å². The Morgan fingerprint density at radius 2 is 1.41 bits per heavy atom. The maximum atomic E-state index is 9.78. The Balaban J connectivity index is 3.17. The molecule has 1 heterocycles. The van der Waals surface area contributed by atoms with E-state index in [0.717, 1.165) is 0 Å². The summed E-state index contributed by atoms with van der Waals surface area (Å²) in [5.41, 5.74) is 0. The monoisotopic (exact) mass is 241 g/mol. The highest BCUT2D eigenvalue weighted by Crippen LogP contribution is 2.27. The smallest absolute Gasteiger partial charge is 0.322 e. The topological polar surface area (TPSA) is 77.4 Å². The molecule has 0 aromatic carbocycles. The Kier molecular flexibility index (Phi) is 4.62. The number of aromatic nitrogens is 3. The summed E-state index contributed by atoms with van der Waals surface area (Å²) in [4.78, 5) is 12.2. The number of hydrogen-bond acceptors (Lipinski definition) is 6. The van der Waals surface area contributed by atoms with E-state index in [2.05, 4.69) is 15.0 Å². The van der Waals surface area contributed by atoms with Crippen LogP contribution in [-0.4, -0.2) is 40.4 Å². The van der Waals surface area contributed by atoms with Gasteiger partial charge < -0.3 is 14.6 Å². The minimum Gasteiger partial charge on any atom is -0.467 e. The van der Waals surface area contributed by atoms with E-state index in [0.29, 0.717) is 5.82 Å². The molecule has 1 aromatic rings. The van der Waals surface area contributed by atoms with Crippen LogP contribution in [0.5, 0.6) is 12.0 Å². The van der Waals surface area contributed by atoms with Gasteiger partial charge in [0.1, 0.15) is 5.82 Å². The summed E-state index contributed by atoms with van der Waals surface area (Å²) in [5, 5.41) is 9.78. The van der Waals surface area contributed by atoms with E-state index >= 15 is 0 Å². The highest BCUT2D eigenvalue weighted by molar-refractivity contribution is 5.10. The van der Waals surface area contributed by atoms with E-state index < -0.39 is 6.10 Å². The first-order chi connectivity index (χ1) is 7.99. The SMILES string of the molecule is COc1nc(OC)nc(C(C(C)C)C(C)O)n1. The quantitative estimate of drug-likeness (QED) is 0.829. The third-order valence-electron chi connectivity index (χ3n) is 2.51. The maximum absolute atomic E-state index is 9.78. The summed E-state index contributed by atoms with van der Waals surface area (Å²) in [6, 6.07) is 0.385. The van der Waals surface area contributed by atoms with E-state index in [4.69, 9.17) is 9.47 Å². The minimum atomic E-state index is -0.549. The standard InChI is InChI=1S/C11H19N3O3/c1-6(2)8(7(3)15)9-12-10(16-4)14-11(13-9)17-5/h6-8,15H,1-5H3. The van der Waals surface area contributed by atoms with Gasteiger partial charge in [0, 0.05) is 5.92 Å². The van der Waals surface area contributed by atoms with Crippen molar-refractivity contribution < 1.29 is 14.6 Å². The number of aliphatic hydroxyl groups is 1. The first kappa shape index (κ1) is 13.6. The van der Waals surface area contributed by atoms with Crippen molar-refractivity contribution in [3.05, 3.63) is 5.82 Å². The average molecular weight is 241 g/mol. The summed E-state index contributed by atoms with van der Waals surface area (Å²) in [6.07, 6.45) is -0.549. The number of aliphatic hydroxyl groups excluding tert-OH is 1. The van der Waals surface area contributed by atoms with Crippen LogP contribution in [0, 0.1) is 5.92 Å². The molecular weight excluding hydrogens is 222 g/mol. The number of ether oxygens (including phenoxy) is 2. The molecule has 0 spiro atoms. The van der Waals surface area contributed by atoms with E-state index in [1.807, 2.05) is 13.8 Å². The van der Waals surface area contributed by atoms with Gasteiger partial charge in [-0.25, -0.2) is 0 Å². The van der Waals surface area contributed by atoms with E-state index in [-0.39, 0.29) is 23.9 Å². The zero-order valence-corrected chi connectivity index (χ0v) is 10.8. The summed E-state index contributed by atoms with van der Waals surface area (Å²) in [7, 11) is 2.95. The molecule has 2 atom stereocenters. The lowest BCUT2D eigenvalue weighted by Gasteiger charge is -2.22. The minimum absolute atomic E-state index is 0.180. The van der Waals surface area contributed by atoms with Crippen molar-refractivity contribution in [1.29, 1.82) is 0 Å². The lowest BCUT2D eigenvalue weighted by atomic mass is 9.90. The number of methoxy groups -OCH3 is 2. The van der Waals surface area contributed by atoms with Crippen LogP contribution >= 0.6 is 0 Å². The molecule has 2 unspecified atom stereocenters. The van der Waals surface area contributed by atoms with Crippen molar-refractivity contribution in [2.45, 2.75) is 32.8 Å². The van der Waals surface area contributed by atoms with Crippen LogP contribution in [0.15, 0.2) is 0 Å². The zero-order chi connectivity index (χ0) is 13.0. The second-order valence-corrected chi connectivity index (χ2v) is 4.18. The highest BCUT2D eigenvalue weighted by Gasteiger charge is 2.25. The third-order valence-corrected chi connectivity index (χ3v) is 2.51. The van der Waals surface area contributed by atoms with E-state index in [1.54, 1.807) is 6.92 Å². The highest BCUT2D eigenvalue weighted by atomic mass is 16.5. The molecule has 0 aliphatic heterocycles. The van der Waals surface area contributed by atoms with Crippen molar-refractivity contribution in [2.24, 2.45) is 5.92 Å². The van der Waals surface area contributed by atoms with Gasteiger partial charge in [-0.15, -0.1) is 4.98 Å². The van der Waals surface area contributed by atoms with Gasteiger partial charge >= 0.3 is 12.0 Å². The van der Waals surface area contributed by atoms with Gasteiger partial charge in [0.2, 0.25) is 0 Å². The number of hydrogen-bond donors (Lipinski definition) is 1.